The summed E-state index contributed by atoms with van der Waals surface area (Å²) in [6.45, 7) is 3.06. The number of para-hydroxylation sites is 1. The summed E-state index contributed by atoms with van der Waals surface area (Å²) in [5.41, 5.74) is 1.73. The number of sulfonamides is 1. The molecule has 1 aliphatic rings. The van der Waals surface area contributed by atoms with E-state index in [0.29, 0.717) is 22.5 Å². The fourth-order valence-corrected chi connectivity index (χ4v) is 5.16. The van der Waals surface area contributed by atoms with E-state index >= 15 is 0 Å². The lowest BCUT2D eigenvalue weighted by atomic mass is 10.2. The van der Waals surface area contributed by atoms with Crippen molar-refractivity contribution >= 4 is 31.6 Å². The highest BCUT2D eigenvalue weighted by Gasteiger charge is 2.31. The number of nitrogens with zero attached hydrogens (tertiary/aromatic N) is 1. The first-order valence-corrected chi connectivity index (χ1v) is 9.32. The van der Waals surface area contributed by atoms with E-state index in [2.05, 4.69) is 21.2 Å². The van der Waals surface area contributed by atoms with E-state index in [4.69, 9.17) is 0 Å². The molecule has 0 fully saturated rings. The van der Waals surface area contributed by atoms with Crippen molar-refractivity contribution in [2.75, 3.05) is 10.8 Å². The van der Waals surface area contributed by atoms with Crippen LogP contribution in [0.5, 0.6) is 0 Å². The molecule has 2 aromatic carbocycles. The van der Waals surface area contributed by atoms with Crippen LogP contribution in [0.4, 0.5) is 5.69 Å². The van der Waals surface area contributed by atoms with Crippen LogP contribution in [0.3, 0.4) is 0 Å². The van der Waals surface area contributed by atoms with Crippen LogP contribution in [0, 0.1) is 0 Å². The minimum absolute atomic E-state index is 0.0738. The van der Waals surface area contributed by atoms with Crippen LogP contribution in [0.1, 0.15) is 12.5 Å². The average Bonchev–Trinajstić information content (AvgIpc) is 2.68. The van der Waals surface area contributed by atoms with E-state index in [9.17, 15) is 8.42 Å². The van der Waals surface area contributed by atoms with Gasteiger partial charge in [-0.05, 0) is 46.6 Å². The lowest BCUT2D eigenvalue weighted by Gasteiger charge is -2.26. The lowest BCUT2D eigenvalue weighted by molar-refractivity contribution is 0.556. The van der Waals surface area contributed by atoms with E-state index in [1.54, 1.807) is 18.2 Å². The number of benzene rings is 2. The summed E-state index contributed by atoms with van der Waals surface area (Å²) < 4.78 is 28.4. The molecule has 1 N–H and O–H groups in total. The predicted octanol–water partition coefficient (Wildman–Crippen LogP) is 3.14. The van der Waals surface area contributed by atoms with Crippen LogP contribution in [0.25, 0.3) is 0 Å². The maximum atomic E-state index is 13.1. The van der Waals surface area contributed by atoms with Gasteiger partial charge in [0.05, 0.1) is 5.69 Å². The number of halogens is 1. The summed E-state index contributed by atoms with van der Waals surface area (Å²) in [6, 6.07) is 14.6. The van der Waals surface area contributed by atoms with Crippen LogP contribution in [0.15, 0.2) is 57.9 Å². The normalized spacial score (nSPS) is 18.6. The molecule has 4 nitrogen and oxygen atoms in total. The number of hydrogen-bond acceptors (Lipinski definition) is 3. The largest absolute Gasteiger partial charge is 0.308 e. The average molecular weight is 381 g/mol. The van der Waals surface area contributed by atoms with Crippen molar-refractivity contribution in [2.24, 2.45) is 0 Å². The Bertz CT molecular complexity index is 792. The monoisotopic (exact) mass is 380 g/mol. The van der Waals surface area contributed by atoms with Gasteiger partial charge in [0.2, 0.25) is 0 Å². The number of hydrogen-bond donors (Lipinski definition) is 1. The molecule has 0 bridgehead atoms. The van der Waals surface area contributed by atoms with Gasteiger partial charge in [-0.3, -0.25) is 4.31 Å². The summed E-state index contributed by atoms with van der Waals surface area (Å²) in [7, 11) is -3.62. The zero-order valence-corrected chi connectivity index (χ0v) is 14.6. The molecule has 0 spiro atoms. The van der Waals surface area contributed by atoms with Gasteiger partial charge in [-0.25, -0.2) is 8.42 Å². The van der Waals surface area contributed by atoms with Gasteiger partial charge in [-0.15, -0.1) is 0 Å². The standard InChI is InChI=1S/C16H17BrN2O2S/c1-12-11-19(15-8-4-2-6-13(15)10-18-12)22(20,21)16-9-5-3-7-14(16)17/h2-9,12,18H,10-11H2,1H3. The molecule has 3 rings (SSSR count). The molecule has 0 saturated heterocycles. The van der Waals surface area contributed by atoms with E-state index in [1.165, 1.54) is 4.31 Å². The summed E-state index contributed by atoms with van der Waals surface area (Å²) >= 11 is 3.35. The highest BCUT2D eigenvalue weighted by atomic mass is 79.9. The van der Waals surface area contributed by atoms with Gasteiger partial charge < -0.3 is 5.32 Å². The number of rotatable bonds is 2. The fourth-order valence-electron chi connectivity index (χ4n) is 2.60. The highest BCUT2D eigenvalue weighted by Crippen LogP contribution is 2.32. The maximum absolute atomic E-state index is 13.1. The first-order chi connectivity index (χ1) is 10.5. The number of fused-ring (bicyclic) bond motifs is 1. The Labute approximate surface area is 139 Å². The van der Waals surface area contributed by atoms with Gasteiger partial charge in [0.25, 0.3) is 10.0 Å². The van der Waals surface area contributed by atoms with Crippen molar-refractivity contribution in [3.05, 3.63) is 58.6 Å². The van der Waals surface area contributed by atoms with Crippen LogP contribution in [-0.2, 0) is 16.6 Å². The Kier molecular flexibility index (Phi) is 4.25. The van der Waals surface area contributed by atoms with Gasteiger partial charge in [0.15, 0.2) is 0 Å². The van der Waals surface area contributed by atoms with Gasteiger partial charge in [-0.2, -0.15) is 0 Å². The fraction of sp³-hybridized carbons (Fsp3) is 0.250. The molecule has 6 heteroatoms. The molecule has 1 unspecified atom stereocenters. The molecular weight excluding hydrogens is 364 g/mol. The highest BCUT2D eigenvalue weighted by molar-refractivity contribution is 9.10. The lowest BCUT2D eigenvalue weighted by Crippen LogP contribution is -2.39. The second-order valence-electron chi connectivity index (χ2n) is 5.38. The van der Waals surface area contributed by atoms with E-state index in [0.717, 1.165) is 11.3 Å². The maximum Gasteiger partial charge on any atom is 0.265 e. The first kappa shape index (κ1) is 15.5. The van der Waals surface area contributed by atoms with E-state index in [-0.39, 0.29) is 6.04 Å². The zero-order valence-electron chi connectivity index (χ0n) is 12.2. The molecule has 1 heterocycles. The molecule has 2 aromatic rings. The van der Waals surface area contributed by atoms with E-state index in [1.807, 2.05) is 37.3 Å². The molecule has 116 valence electrons. The summed E-state index contributed by atoms with van der Waals surface area (Å²) in [6.07, 6.45) is 0. The third-order valence-electron chi connectivity index (χ3n) is 3.75. The summed E-state index contributed by atoms with van der Waals surface area (Å²) in [5.74, 6) is 0. The SMILES string of the molecule is CC1CN(S(=O)(=O)c2ccccc2Br)c2ccccc2CN1. The molecule has 0 aromatic heterocycles. The molecule has 0 saturated carbocycles. The van der Waals surface area contributed by atoms with Gasteiger partial charge in [0.1, 0.15) is 4.90 Å². The van der Waals surface area contributed by atoms with Crippen LogP contribution < -0.4 is 9.62 Å². The van der Waals surface area contributed by atoms with Crippen LogP contribution in [-0.4, -0.2) is 21.0 Å². The second kappa shape index (κ2) is 6.02. The van der Waals surface area contributed by atoms with Crippen LogP contribution in [0.2, 0.25) is 0 Å². The van der Waals surface area contributed by atoms with Gasteiger partial charge in [-0.1, -0.05) is 30.3 Å². The number of anilines is 1. The second-order valence-corrected chi connectivity index (χ2v) is 8.06. The van der Waals surface area contributed by atoms with Crippen molar-refractivity contribution in [3.8, 4) is 0 Å². The minimum atomic E-state index is -3.62. The third-order valence-corrected chi connectivity index (χ3v) is 6.54. The first-order valence-electron chi connectivity index (χ1n) is 7.08. The predicted molar refractivity (Wildman–Crippen MR) is 91.4 cm³/mol. The van der Waals surface area contributed by atoms with Crippen molar-refractivity contribution in [1.29, 1.82) is 0 Å². The number of nitrogens with one attached hydrogen (secondary N) is 1. The Morgan fingerprint density at radius 2 is 1.82 bits per heavy atom. The van der Waals surface area contributed by atoms with E-state index < -0.39 is 10.0 Å². The summed E-state index contributed by atoms with van der Waals surface area (Å²) in [4.78, 5) is 0.291. The Balaban J connectivity index is 2.15. The summed E-state index contributed by atoms with van der Waals surface area (Å²) in [5, 5.41) is 3.35. The van der Waals surface area contributed by atoms with Crippen molar-refractivity contribution in [3.63, 3.8) is 0 Å². The molecule has 1 atom stereocenters. The molecule has 0 radical (unpaired) electrons. The molecule has 22 heavy (non-hydrogen) atoms. The minimum Gasteiger partial charge on any atom is -0.308 e. The van der Waals surface area contributed by atoms with Gasteiger partial charge in [0, 0.05) is 23.6 Å². The zero-order chi connectivity index (χ0) is 15.7. The van der Waals surface area contributed by atoms with Crippen molar-refractivity contribution in [2.45, 2.75) is 24.4 Å². The smallest absolute Gasteiger partial charge is 0.265 e. The Hall–Kier alpha value is -1.37. The van der Waals surface area contributed by atoms with Gasteiger partial charge >= 0.3 is 0 Å². The Morgan fingerprint density at radius 3 is 2.59 bits per heavy atom. The van der Waals surface area contributed by atoms with Crippen LogP contribution >= 0.6 is 15.9 Å². The van der Waals surface area contributed by atoms with Crippen molar-refractivity contribution in [1.82, 2.24) is 5.32 Å². The Morgan fingerprint density at radius 1 is 1.14 bits per heavy atom. The van der Waals surface area contributed by atoms with Crippen molar-refractivity contribution < 1.29 is 8.42 Å². The molecular formula is C16H17BrN2O2S. The third kappa shape index (κ3) is 2.78. The molecule has 0 amide bonds. The molecule has 0 aliphatic carbocycles. The topological polar surface area (TPSA) is 49.4 Å². The quantitative estimate of drug-likeness (QED) is 0.870. The molecule has 1 aliphatic heterocycles.